The molecule has 2 fully saturated rings. The number of piperazine rings is 1. The van der Waals surface area contributed by atoms with Gasteiger partial charge in [0.05, 0.1) is 37.1 Å². The van der Waals surface area contributed by atoms with Crippen LogP contribution in [-0.2, 0) is 14.3 Å². The summed E-state index contributed by atoms with van der Waals surface area (Å²) in [6.07, 6.45) is 0.629. The number of nitrogens with zero attached hydrogens (tertiary/aromatic N) is 6. The molecule has 0 unspecified atom stereocenters. The zero-order valence-corrected chi connectivity index (χ0v) is 22.7. The Hall–Kier alpha value is -4.08. The van der Waals surface area contributed by atoms with E-state index in [1.165, 1.54) is 26.9 Å². The van der Waals surface area contributed by atoms with Crippen LogP contribution in [0, 0.1) is 5.82 Å². The number of piperidine rings is 1. The molecule has 1 amide bonds. The van der Waals surface area contributed by atoms with Crippen LogP contribution in [0.5, 0.6) is 0 Å². The lowest BCUT2D eigenvalue weighted by Gasteiger charge is -2.56. The molecule has 0 bridgehead atoms. The van der Waals surface area contributed by atoms with Crippen LogP contribution in [0.25, 0.3) is 5.82 Å². The summed E-state index contributed by atoms with van der Waals surface area (Å²) in [6.45, 7) is 6.32. The van der Waals surface area contributed by atoms with E-state index >= 15 is 0 Å². The maximum absolute atomic E-state index is 13.8. The first-order valence-electron chi connectivity index (χ1n) is 12.8. The number of hydrogen-bond donors (Lipinski definition) is 0. The fourth-order valence-corrected chi connectivity index (χ4v) is 5.25. The highest BCUT2D eigenvalue weighted by molar-refractivity contribution is 5.69. The number of likely N-dealkylation sites (tertiary alicyclic amines) is 1. The van der Waals surface area contributed by atoms with Gasteiger partial charge in [-0.3, -0.25) is 0 Å². The number of rotatable bonds is 5. The minimum atomic E-state index is -2.79. The van der Waals surface area contributed by atoms with Crippen molar-refractivity contribution in [2.45, 2.75) is 64.1 Å². The minimum absolute atomic E-state index is 0.0199. The van der Waals surface area contributed by atoms with Crippen molar-refractivity contribution in [3.8, 4) is 5.82 Å². The first-order valence-corrected chi connectivity index (χ1v) is 12.8. The van der Waals surface area contributed by atoms with Crippen LogP contribution in [0.3, 0.4) is 0 Å². The molecule has 0 N–H and O–H groups in total. The number of aromatic nitrogens is 3. The van der Waals surface area contributed by atoms with Gasteiger partial charge in [-0.15, -0.1) is 0 Å². The molecule has 2 aliphatic rings. The van der Waals surface area contributed by atoms with Crippen LogP contribution in [0.1, 0.15) is 52.1 Å². The van der Waals surface area contributed by atoms with Gasteiger partial charge in [0.15, 0.2) is 11.6 Å². The van der Waals surface area contributed by atoms with Gasteiger partial charge in [-0.2, -0.15) is 5.10 Å². The molecule has 0 aromatic carbocycles. The van der Waals surface area contributed by atoms with E-state index in [0.29, 0.717) is 11.4 Å². The van der Waals surface area contributed by atoms with Crippen molar-refractivity contribution in [2.24, 2.45) is 0 Å². The number of halogens is 3. The molecule has 40 heavy (non-hydrogen) atoms. The standard InChI is InChI=1S/C27H31F3N6O4/c1-18(19-5-6-24(31-11-19)36-13-20(28)12-32-36)34-14-21(16-37)35(15-23(29)30)27(22(34)17-38)7-9-33(10-8-27)25(39)40-26(2,3)4/h5-6,11-13,18,23H,7-10,14-15H2,1-4H3/t18-/m0/s1. The molecular weight excluding hydrogens is 529 g/mol. The largest absolute Gasteiger partial charge is 0.444 e. The van der Waals surface area contributed by atoms with E-state index in [9.17, 15) is 27.6 Å². The number of hydrogen-bond acceptors (Lipinski definition) is 8. The van der Waals surface area contributed by atoms with Crippen LogP contribution in [-0.4, -0.2) is 91.2 Å². The third-order valence-electron chi connectivity index (χ3n) is 7.17. The summed E-state index contributed by atoms with van der Waals surface area (Å²) in [7, 11) is 0. The van der Waals surface area contributed by atoms with Crippen molar-refractivity contribution in [1.82, 2.24) is 29.5 Å². The van der Waals surface area contributed by atoms with Crippen molar-refractivity contribution in [3.05, 3.63) is 53.5 Å². The summed E-state index contributed by atoms with van der Waals surface area (Å²) in [5, 5.41) is 3.89. The third kappa shape index (κ3) is 5.76. The van der Waals surface area contributed by atoms with Gasteiger partial charge in [-0.25, -0.2) is 37.2 Å². The average molecular weight is 561 g/mol. The summed E-state index contributed by atoms with van der Waals surface area (Å²) < 4.78 is 47.6. The van der Waals surface area contributed by atoms with Gasteiger partial charge in [-0.05, 0) is 52.2 Å². The highest BCUT2D eigenvalue weighted by Gasteiger charge is 2.52. The van der Waals surface area contributed by atoms with Gasteiger partial charge in [0.1, 0.15) is 28.9 Å². The second-order valence-electron chi connectivity index (χ2n) is 10.9. The third-order valence-corrected chi connectivity index (χ3v) is 7.17. The second-order valence-corrected chi connectivity index (χ2v) is 10.9. The normalized spacial score (nSPS) is 18.1. The maximum Gasteiger partial charge on any atom is 0.410 e. The van der Waals surface area contributed by atoms with Crippen LogP contribution >= 0.6 is 0 Å². The quantitative estimate of drug-likeness (QED) is 0.512. The number of pyridine rings is 1. The second kappa shape index (κ2) is 11.2. The molecule has 10 nitrogen and oxygen atoms in total. The first kappa shape index (κ1) is 28.9. The molecule has 2 aromatic rings. The van der Waals surface area contributed by atoms with Crippen LogP contribution in [0.4, 0.5) is 18.0 Å². The summed E-state index contributed by atoms with van der Waals surface area (Å²) in [5.41, 5.74) is -1.29. The zero-order valence-electron chi connectivity index (χ0n) is 22.7. The number of ether oxygens (including phenoxy) is 1. The molecule has 214 valence electrons. The lowest BCUT2D eigenvalue weighted by molar-refractivity contribution is -0.0249. The maximum atomic E-state index is 13.8. The monoisotopic (exact) mass is 560 g/mol. The fraction of sp³-hybridized carbons (Fsp3) is 0.519. The Morgan fingerprint density at radius 2 is 1.85 bits per heavy atom. The number of carbonyl (C=O) groups is 1. The van der Waals surface area contributed by atoms with Crippen LogP contribution < -0.4 is 0 Å². The van der Waals surface area contributed by atoms with Gasteiger partial charge in [0.25, 0.3) is 6.43 Å². The van der Waals surface area contributed by atoms with Crippen molar-refractivity contribution < 1.29 is 32.3 Å². The highest BCUT2D eigenvalue weighted by atomic mass is 19.3. The van der Waals surface area contributed by atoms with Crippen molar-refractivity contribution >= 4 is 18.0 Å². The lowest BCUT2D eigenvalue weighted by Crippen LogP contribution is -2.64. The summed E-state index contributed by atoms with van der Waals surface area (Å²) in [5.74, 6) is 3.66. The van der Waals surface area contributed by atoms with Crippen LogP contribution in [0.15, 0.2) is 42.1 Å². The molecule has 2 aliphatic heterocycles. The van der Waals surface area contributed by atoms with Crippen molar-refractivity contribution in [3.63, 3.8) is 0 Å². The first-order chi connectivity index (χ1) is 18.9. The molecule has 0 radical (unpaired) electrons. The number of alkyl halides is 2. The zero-order chi connectivity index (χ0) is 29.2. The Labute approximate surface area is 229 Å². The van der Waals surface area contributed by atoms with E-state index < -0.39 is 42.1 Å². The summed E-state index contributed by atoms with van der Waals surface area (Å²) in [4.78, 5) is 46.0. The molecule has 2 saturated heterocycles. The van der Waals surface area contributed by atoms with Gasteiger partial charge in [0, 0.05) is 19.3 Å². The van der Waals surface area contributed by atoms with Gasteiger partial charge >= 0.3 is 6.09 Å². The SMILES string of the molecule is C[C@@H](c1ccc(-n2cc(F)cn2)nc1)N1CC(=C=O)N(CC(F)F)C2(CCN(C(=O)OC(C)(C)C)CC2)C1=C=O. The molecule has 4 heterocycles. The molecule has 1 atom stereocenters. The average Bonchev–Trinajstić information content (AvgIpc) is 3.34. The Morgan fingerprint density at radius 3 is 2.35 bits per heavy atom. The minimum Gasteiger partial charge on any atom is -0.444 e. The molecular formula is C27H31F3N6O4. The van der Waals surface area contributed by atoms with E-state index in [4.69, 9.17) is 4.74 Å². The Bertz CT molecular complexity index is 1330. The number of carbonyl (C=O) groups excluding carboxylic acids is 3. The summed E-state index contributed by atoms with van der Waals surface area (Å²) >= 11 is 0. The van der Waals surface area contributed by atoms with Gasteiger partial charge in [-0.1, -0.05) is 6.07 Å². The molecule has 0 aliphatic carbocycles. The Morgan fingerprint density at radius 1 is 1.15 bits per heavy atom. The van der Waals surface area contributed by atoms with Crippen LogP contribution in [0.2, 0.25) is 0 Å². The predicted molar refractivity (Wildman–Crippen MR) is 137 cm³/mol. The van der Waals surface area contributed by atoms with Gasteiger partial charge in [0.2, 0.25) is 0 Å². The van der Waals surface area contributed by atoms with Crippen molar-refractivity contribution in [1.29, 1.82) is 0 Å². The smallest absolute Gasteiger partial charge is 0.410 e. The highest BCUT2D eigenvalue weighted by Crippen LogP contribution is 2.45. The van der Waals surface area contributed by atoms with Crippen molar-refractivity contribution in [2.75, 3.05) is 26.2 Å². The molecule has 13 heteroatoms. The Kier molecular flexibility index (Phi) is 8.09. The molecule has 2 aromatic heterocycles. The van der Waals surface area contributed by atoms with Gasteiger partial charge < -0.3 is 19.4 Å². The van der Waals surface area contributed by atoms with E-state index in [0.717, 1.165) is 6.20 Å². The van der Waals surface area contributed by atoms with E-state index in [1.54, 1.807) is 44.7 Å². The van der Waals surface area contributed by atoms with E-state index in [1.807, 2.05) is 11.9 Å². The predicted octanol–water partition coefficient (Wildman–Crippen LogP) is 3.55. The Balaban J connectivity index is 1.66. The van der Waals surface area contributed by atoms with E-state index in [-0.39, 0.29) is 43.9 Å². The molecule has 0 saturated carbocycles. The lowest BCUT2D eigenvalue weighted by atomic mass is 9.79. The summed E-state index contributed by atoms with van der Waals surface area (Å²) in [6, 6.07) is 2.83. The fourth-order valence-electron chi connectivity index (χ4n) is 5.25. The number of amides is 1. The molecule has 4 rings (SSSR count). The van der Waals surface area contributed by atoms with E-state index in [2.05, 4.69) is 10.1 Å². The topological polar surface area (TPSA) is 101 Å². The molecule has 1 spiro atoms.